The van der Waals surface area contributed by atoms with Crippen molar-refractivity contribution in [3.05, 3.63) is 94.2 Å². The summed E-state index contributed by atoms with van der Waals surface area (Å²) in [4.78, 5) is 17.5. The Morgan fingerprint density at radius 1 is 1.00 bits per heavy atom. The van der Waals surface area contributed by atoms with Crippen LogP contribution in [-0.4, -0.2) is 10.9 Å². The molecule has 0 bridgehead atoms. The fourth-order valence-corrected chi connectivity index (χ4v) is 4.75. The summed E-state index contributed by atoms with van der Waals surface area (Å²) in [6.07, 6.45) is 0. The van der Waals surface area contributed by atoms with Crippen molar-refractivity contribution in [1.82, 2.24) is 4.98 Å². The van der Waals surface area contributed by atoms with E-state index in [1.807, 2.05) is 43.3 Å². The van der Waals surface area contributed by atoms with Crippen molar-refractivity contribution in [2.75, 3.05) is 5.32 Å². The third kappa shape index (κ3) is 4.02. The minimum absolute atomic E-state index is 0.186. The summed E-state index contributed by atoms with van der Waals surface area (Å²) in [5.41, 5.74) is 4.27. The van der Waals surface area contributed by atoms with E-state index in [2.05, 4.69) is 11.4 Å². The van der Waals surface area contributed by atoms with Crippen LogP contribution in [-0.2, 0) is 0 Å². The molecule has 0 aliphatic heterocycles. The number of anilines is 1. The second-order valence-electron chi connectivity index (χ2n) is 7.26. The number of carbonyl (C=O) groups is 1. The van der Waals surface area contributed by atoms with Gasteiger partial charge in [0, 0.05) is 21.8 Å². The first-order chi connectivity index (χ1) is 15.5. The van der Waals surface area contributed by atoms with Crippen LogP contribution in [0.2, 0.25) is 10.0 Å². The van der Waals surface area contributed by atoms with Crippen molar-refractivity contribution in [2.45, 2.75) is 6.92 Å². The Labute approximate surface area is 198 Å². The van der Waals surface area contributed by atoms with Gasteiger partial charge in [-0.2, -0.15) is 0 Å². The monoisotopic (exact) mass is 478 g/mol. The van der Waals surface area contributed by atoms with Gasteiger partial charge in [-0.15, -0.1) is 11.3 Å². The highest BCUT2D eigenvalue weighted by Gasteiger charge is 2.16. The molecule has 4 nitrogen and oxygen atoms in total. The molecule has 0 aliphatic rings. The Balaban J connectivity index is 1.37. The summed E-state index contributed by atoms with van der Waals surface area (Å²) in [6.45, 7) is 1.95. The molecule has 0 spiro atoms. The Bertz CT molecular complexity index is 1440. The summed E-state index contributed by atoms with van der Waals surface area (Å²) in [5.74, 6) is 0.321. The minimum atomic E-state index is -0.342. The van der Waals surface area contributed by atoms with Crippen LogP contribution in [0, 0.1) is 6.92 Å². The summed E-state index contributed by atoms with van der Waals surface area (Å²) in [6, 6.07) is 22.3. The lowest BCUT2D eigenvalue weighted by Crippen LogP contribution is -2.11. The minimum Gasteiger partial charge on any atom is -0.451 e. The number of hydrogen-bond donors (Lipinski definition) is 1. The average molecular weight is 479 g/mol. The first-order valence-corrected chi connectivity index (χ1v) is 11.4. The highest BCUT2D eigenvalue weighted by molar-refractivity contribution is 7.21. The molecular weight excluding hydrogens is 463 g/mol. The molecule has 0 saturated heterocycles. The van der Waals surface area contributed by atoms with Crippen molar-refractivity contribution in [2.24, 2.45) is 0 Å². The van der Waals surface area contributed by atoms with E-state index in [1.165, 1.54) is 0 Å². The molecule has 3 aromatic carbocycles. The normalized spacial score (nSPS) is 11.1. The molecule has 32 heavy (non-hydrogen) atoms. The Morgan fingerprint density at radius 2 is 1.84 bits per heavy atom. The van der Waals surface area contributed by atoms with Crippen LogP contribution in [0.3, 0.4) is 0 Å². The van der Waals surface area contributed by atoms with Crippen LogP contribution in [0.25, 0.3) is 32.1 Å². The van der Waals surface area contributed by atoms with Crippen LogP contribution in [0.5, 0.6) is 0 Å². The van der Waals surface area contributed by atoms with Gasteiger partial charge in [0.25, 0.3) is 5.91 Å². The molecule has 2 heterocycles. The van der Waals surface area contributed by atoms with Gasteiger partial charge in [-0.3, -0.25) is 4.79 Å². The van der Waals surface area contributed by atoms with Crippen LogP contribution < -0.4 is 5.32 Å². The van der Waals surface area contributed by atoms with Gasteiger partial charge in [-0.25, -0.2) is 4.98 Å². The molecule has 0 radical (unpaired) electrons. The van der Waals surface area contributed by atoms with Gasteiger partial charge in [0.05, 0.1) is 15.2 Å². The number of fused-ring (bicyclic) bond motifs is 1. The predicted molar refractivity (Wildman–Crippen MR) is 132 cm³/mol. The average Bonchev–Trinajstić information content (AvgIpc) is 3.44. The van der Waals surface area contributed by atoms with Crippen LogP contribution in [0.4, 0.5) is 5.69 Å². The molecule has 0 unspecified atom stereocenters. The molecule has 5 aromatic rings. The smallest absolute Gasteiger partial charge is 0.291 e. The van der Waals surface area contributed by atoms with E-state index in [0.717, 1.165) is 26.4 Å². The van der Waals surface area contributed by atoms with E-state index < -0.39 is 0 Å². The molecule has 1 N–H and O–H groups in total. The molecule has 0 aliphatic carbocycles. The molecule has 158 valence electrons. The number of thiazole rings is 1. The quantitative estimate of drug-likeness (QED) is 0.283. The maximum Gasteiger partial charge on any atom is 0.291 e. The lowest BCUT2D eigenvalue weighted by Gasteiger charge is -2.08. The Hall–Kier alpha value is -3.12. The molecule has 5 rings (SSSR count). The fourth-order valence-electron chi connectivity index (χ4n) is 3.41. The van der Waals surface area contributed by atoms with E-state index >= 15 is 0 Å². The number of nitrogens with one attached hydrogen (secondary N) is 1. The number of aromatic nitrogens is 1. The highest BCUT2D eigenvalue weighted by atomic mass is 35.5. The van der Waals surface area contributed by atoms with Crippen molar-refractivity contribution in [1.29, 1.82) is 0 Å². The number of rotatable bonds is 4. The predicted octanol–water partition coefficient (Wildman–Crippen LogP) is 8.09. The maximum atomic E-state index is 12.8. The van der Waals surface area contributed by atoms with E-state index in [-0.39, 0.29) is 11.7 Å². The number of furan rings is 1. The van der Waals surface area contributed by atoms with Gasteiger partial charge >= 0.3 is 0 Å². The number of benzene rings is 3. The zero-order chi connectivity index (χ0) is 22.2. The van der Waals surface area contributed by atoms with Gasteiger partial charge in [0.15, 0.2) is 5.76 Å². The molecule has 1 amide bonds. The number of aryl methyl sites for hydroxylation is 1. The van der Waals surface area contributed by atoms with Crippen molar-refractivity contribution < 1.29 is 9.21 Å². The third-order valence-electron chi connectivity index (χ3n) is 5.04. The maximum absolute atomic E-state index is 12.8. The topological polar surface area (TPSA) is 55.1 Å². The Kier molecular flexibility index (Phi) is 5.47. The van der Waals surface area contributed by atoms with E-state index in [1.54, 1.807) is 41.7 Å². The second kappa shape index (κ2) is 8.43. The van der Waals surface area contributed by atoms with E-state index in [0.29, 0.717) is 27.1 Å². The second-order valence-corrected chi connectivity index (χ2v) is 9.13. The SMILES string of the molecule is Cc1cc(-c2nc3ccccc3s2)ccc1NC(=O)c1ccc(-c2cc(Cl)ccc2Cl)o1. The summed E-state index contributed by atoms with van der Waals surface area (Å²) < 4.78 is 6.89. The lowest BCUT2D eigenvalue weighted by atomic mass is 10.1. The first kappa shape index (κ1) is 20.8. The number of para-hydroxylation sites is 1. The summed E-state index contributed by atoms with van der Waals surface area (Å²) in [7, 11) is 0. The molecule has 0 fully saturated rings. The number of nitrogens with zero attached hydrogens (tertiary/aromatic N) is 1. The zero-order valence-corrected chi connectivity index (χ0v) is 19.2. The summed E-state index contributed by atoms with van der Waals surface area (Å²) in [5, 5.41) is 4.89. The van der Waals surface area contributed by atoms with Crippen LogP contribution in [0.15, 0.2) is 77.2 Å². The van der Waals surface area contributed by atoms with Crippen molar-refractivity contribution in [3.63, 3.8) is 0 Å². The molecular formula is C25H16Cl2N2O2S. The van der Waals surface area contributed by atoms with E-state index in [9.17, 15) is 4.79 Å². The number of amides is 1. The number of halogens is 2. The van der Waals surface area contributed by atoms with Crippen LogP contribution >= 0.6 is 34.5 Å². The Morgan fingerprint density at radius 3 is 2.66 bits per heavy atom. The van der Waals surface area contributed by atoms with Gasteiger partial charge in [-0.05, 0) is 73.2 Å². The van der Waals surface area contributed by atoms with Crippen molar-refractivity contribution in [3.8, 4) is 21.9 Å². The van der Waals surface area contributed by atoms with E-state index in [4.69, 9.17) is 32.6 Å². The van der Waals surface area contributed by atoms with Gasteiger partial charge in [0.1, 0.15) is 10.8 Å². The number of hydrogen-bond acceptors (Lipinski definition) is 4. The standard InChI is InChI=1S/C25H16Cl2N2O2S/c1-14-12-15(25-29-20-4-2-3-5-23(20)32-25)6-9-19(14)28-24(30)22-11-10-21(31-22)17-13-16(26)7-8-18(17)27/h2-13H,1H3,(H,28,30). The summed E-state index contributed by atoms with van der Waals surface area (Å²) >= 11 is 13.9. The molecule has 0 atom stereocenters. The molecule has 7 heteroatoms. The fraction of sp³-hybridized carbons (Fsp3) is 0.0400. The number of carbonyl (C=O) groups excluding carboxylic acids is 1. The van der Waals surface area contributed by atoms with Gasteiger partial charge in [-0.1, -0.05) is 35.3 Å². The largest absolute Gasteiger partial charge is 0.451 e. The highest BCUT2D eigenvalue weighted by Crippen LogP contribution is 2.33. The zero-order valence-electron chi connectivity index (χ0n) is 16.9. The third-order valence-corrected chi connectivity index (χ3v) is 6.69. The lowest BCUT2D eigenvalue weighted by molar-refractivity contribution is 0.0997. The van der Waals surface area contributed by atoms with Gasteiger partial charge in [0.2, 0.25) is 0 Å². The molecule has 2 aromatic heterocycles. The van der Waals surface area contributed by atoms with Gasteiger partial charge < -0.3 is 9.73 Å². The van der Waals surface area contributed by atoms with Crippen molar-refractivity contribution >= 4 is 56.3 Å². The first-order valence-electron chi connectivity index (χ1n) is 9.81. The van der Waals surface area contributed by atoms with Crippen LogP contribution in [0.1, 0.15) is 16.1 Å². The molecule has 0 saturated carbocycles.